The minimum absolute atomic E-state index is 0.383. The van der Waals surface area contributed by atoms with E-state index >= 15 is 0 Å². The molecule has 1 aromatic carbocycles. The van der Waals surface area contributed by atoms with Crippen molar-refractivity contribution in [1.29, 1.82) is 0 Å². The molecule has 2 atom stereocenters. The van der Waals surface area contributed by atoms with Crippen LogP contribution in [-0.2, 0) is 0 Å². The van der Waals surface area contributed by atoms with Crippen molar-refractivity contribution in [3.05, 3.63) is 44.0 Å². The molecule has 0 spiro atoms. The predicted octanol–water partition coefficient (Wildman–Crippen LogP) is 1.73. The lowest BCUT2D eigenvalue weighted by molar-refractivity contribution is -0.543. The highest BCUT2D eigenvalue weighted by Gasteiger charge is 2.33. The SMILES string of the molecule is COc1ccc([C@@H](C[N+](=O)[O-])[C@H](C)[N+](=O)[O-])cc1OC. The van der Waals surface area contributed by atoms with Gasteiger partial charge in [0, 0.05) is 16.8 Å². The average Bonchev–Trinajstić information content (AvgIpc) is 2.42. The maximum Gasteiger partial charge on any atom is 0.223 e. The van der Waals surface area contributed by atoms with Crippen LogP contribution in [0.1, 0.15) is 18.4 Å². The van der Waals surface area contributed by atoms with Crippen molar-refractivity contribution < 1.29 is 19.3 Å². The Hall–Kier alpha value is -2.38. The van der Waals surface area contributed by atoms with E-state index in [1.165, 1.54) is 27.2 Å². The fraction of sp³-hybridized carbons (Fsp3) is 0.500. The third kappa shape index (κ3) is 3.56. The van der Waals surface area contributed by atoms with Crippen molar-refractivity contribution in [2.45, 2.75) is 18.9 Å². The van der Waals surface area contributed by atoms with Gasteiger partial charge in [0.25, 0.3) is 0 Å². The Bertz CT molecular complexity index is 505. The van der Waals surface area contributed by atoms with Crippen molar-refractivity contribution in [2.24, 2.45) is 0 Å². The Morgan fingerprint density at radius 3 is 2.20 bits per heavy atom. The smallest absolute Gasteiger partial charge is 0.223 e. The second-order valence-electron chi connectivity index (χ2n) is 4.26. The summed E-state index contributed by atoms with van der Waals surface area (Å²) < 4.78 is 10.2. The molecule has 8 heteroatoms. The summed E-state index contributed by atoms with van der Waals surface area (Å²) in [6.45, 7) is 0.836. The zero-order valence-electron chi connectivity index (χ0n) is 11.4. The van der Waals surface area contributed by atoms with Crippen molar-refractivity contribution in [3.8, 4) is 11.5 Å². The molecular weight excluding hydrogens is 268 g/mol. The Kier molecular flexibility index (Phi) is 5.24. The van der Waals surface area contributed by atoms with E-state index in [-0.39, 0.29) is 0 Å². The summed E-state index contributed by atoms with van der Waals surface area (Å²) in [5, 5.41) is 21.6. The first-order valence-electron chi connectivity index (χ1n) is 5.88. The molecule has 0 saturated heterocycles. The highest BCUT2D eigenvalue weighted by molar-refractivity contribution is 5.44. The van der Waals surface area contributed by atoms with Gasteiger partial charge in [-0.2, -0.15) is 0 Å². The van der Waals surface area contributed by atoms with E-state index in [0.29, 0.717) is 17.1 Å². The number of nitrogens with zero attached hydrogens (tertiary/aromatic N) is 2. The maximum absolute atomic E-state index is 10.9. The molecule has 1 aromatic rings. The van der Waals surface area contributed by atoms with Gasteiger partial charge in [0.1, 0.15) is 5.92 Å². The summed E-state index contributed by atoms with van der Waals surface area (Å²) in [5.74, 6) is 0.0126. The van der Waals surface area contributed by atoms with Gasteiger partial charge < -0.3 is 9.47 Å². The van der Waals surface area contributed by atoms with Gasteiger partial charge in [-0.3, -0.25) is 20.2 Å². The van der Waals surface area contributed by atoms with Crippen molar-refractivity contribution >= 4 is 0 Å². The first kappa shape index (κ1) is 15.7. The van der Waals surface area contributed by atoms with Crippen molar-refractivity contribution in [1.82, 2.24) is 0 Å². The summed E-state index contributed by atoms with van der Waals surface area (Å²) in [5.41, 5.74) is 0.476. The van der Waals surface area contributed by atoms with E-state index in [2.05, 4.69) is 0 Å². The van der Waals surface area contributed by atoms with E-state index < -0.39 is 28.4 Å². The highest BCUT2D eigenvalue weighted by atomic mass is 16.6. The Labute approximate surface area is 115 Å². The molecule has 0 aliphatic rings. The fourth-order valence-corrected chi connectivity index (χ4v) is 1.93. The molecule has 0 bridgehead atoms. The Morgan fingerprint density at radius 1 is 1.15 bits per heavy atom. The zero-order valence-corrected chi connectivity index (χ0v) is 11.4. The molecule has 0 saturated carbocycles. The largest absolute Gasteiger partial charge is 0.493 e. The van der Waals surface area contributed by atoms with E-state index in [4.69, 9.17) is 9.47 Å². The van der Waals surface area contributed by atoms with Crippen LogP contribution in [0.3, 0.4) is 0 Å². The van der Waals surface area contributed by atoms with Crippen LogP contribution in [0.15, 0.2) is 18.2 Å². The summed E-state index contributed by atoms with van der Waals surface area (Å²) in [4.78, 5) is 20.5. The van der Waals surface area contributed by atoms with Crippen LogP contribution < -0.4 is 9.47 Å². The topological polar surface area (TPSA) is 105 Å². The van der Waals surface area contributed by atoms with Crippen LogP contribution in [0.5, 0.6) is 11.5 Å². The summed E-state index contributed by atoms with van der Waals surface area (Å²) in [6, 6.07) is 3.62. The molecule has 0 aliphatic carbocycles. The third-order valence-corrected chi connectivity index (χ3v) is 3.10. The second-order valence-corrected chi connectivity index (χ2v) is 4.26. The molecule has 0 fully saturated rings. The molecule has 0 aliphatic heterocycles. The predicted molar refractivity (Wildman–Crippen MR) is 70.6 cm³/mol. The first-order chi connectivity index (χ1) is 9.40. The van der Waals surface area contributed by atoms with Crippen LogP contribution in [0.4, 0.5) is 0 Å². The van der Waals surface area contributed by atoms with E-state index in [0.717, 1.165) is 0 Å². The van der Waals surface area contributed by atoms with Crippen LogP contribution in [-0.4, -0.2) is 36.7 Å². The molecule has 20 heavy (non-hydrogen) atoms. The molecule has 0 unspecified atom stereocenters. The lowest BCUT2D eigenvalue weighted by atomic mass is 9.92. The molecular formula is C12H16N2O6. The van der Waals surface area contributed by atoms with Gasteiger partial charge in [-0.1, -0.05) is 6.07 Å². The maximum atomic E-state index is 10.9. The number of benzene rings is 1. The molecule has 8 nitrogen and oxygen atoms in total. The minimum Gasteiger partial charge on any atom is -0.493 e. The molecule has 0 N–H and O–H groups in total. The van der Waals surface area contributed by atoms with Gasteiger partial charge in [0.2, 0.25) is 12.6 Å². The third-order valence-electron chi connectivity index (χ3n) is 3.10. The minimum atomic E-state index is -1.07. The number of hydrogen-bond acceptors (Lipinski definition) is 6. The lowest BCUT2D eigenvalue weighted by Crippen LogP contribution is -2.29. The Morgan fingerprint density at radius 2 is 1.75 bits per heavy atom. The molecule has 0 aromatic heterocycles. The number of rotatable bonds is 7. The molecule has 110 valence electrons. The van der Waals surface area contributed by atoms with Gasteiger partial charge >= 0.3 is 0 Å². The van der Waals surface area contributed by atoms with Gasteiger partial charge in [-0.15, -0.1) is 0 Å². The summed E-state index contributed by atoms with van der Waals surface area (Å²) in [6.07, 6.45) is 0. The van der Waals surface area contributed by atoms with Crippen molar-refractivity contribution in [2.75, 3.05) is 20.8 Å². The molecule has 1 rings (SSSR count). The Balaban J connectivity index is 3.19. The van der Waals surface area contributed by atoms with E-state index in [1.54, 1.807) is 12.1 Å². The lowest BCUT2D eigenvalue weighted by Gasteiger charge is -2.16. The number of nitro groups is 2. The van der Waals surface area contributed by atoms with Crippen LogP contribution in [0.25, 0.3) is 0 Å². The fourth-order valence-electron chi connectivity index (χ4n) is 1.93. The van der Waals surface area contributed by atoms with Crippen LogP contribution in [0, 0.1) is 20.2 Å². The monoisotopic (exact) mass is 284 g/mol. The van der Waals surface area contributed by atoms with Gasteiger partial charge in [-0.25, -0.2) is 0 Å². The molecule has 0 amide bonds. The van der Waals surface area contributed by atoms with E-state index in [9.17, 15) is 20.2 Å². The second kappa shape index (κ2) is 6.69. The average molecular weight is 284 g/mol. The highest BCUT2D eigenvalue weighted by Crippen LogP contribution is 2.32. The zero-order chi connectivity index (χ0) is 15.3. The van der Waals surface area contributed by atoms with Gasteiger partial charge in [-0.05, 0) is 17.7 Å². The number of ether oxygens (including phenoxy) is 2. The molecule has 0 heterocycles. The number of methoxy groups -OCH3 is 2. The molecule has 0 radical (unpaired) electrons. The standard InChI is InChI=1S/C12H16N2O6/c1-8(14(17)18)10(7-13(15)16)9-4-5-11(19-2)12(6-9)20-3/h4-6,8,10H,7H2,1-3H3/t8-,10-/m0/s1. The van der Waals surface area contributed by atoms with Gasteiger partial charge in [0.15, 0.2) is 11.5 Å². The van der Waals surface area contributed by atoms with E-state index in [1.807, 2.05) is 0 Å². The first-order valence-corrected chi connectivity index (χ1v) is 5.88. The number of hydrogen-bond donors (Lipinski definition) is 0. The normalized spacial score (nSPS) is 13.3. The van der Waals surface area contributed by atoms with Gasteiger partial charge in [0.05, 0.1) is 14.2 Å². The van der Waals surface area contributed by atoms with Crippen LogP contribution in [0.2, 0.25) is 0 Å². The van der Waals surface area contributed by atoms with Crippen molar-refractivity contribution in [3.63, 3.8) is 0 Å². The quantitative estimate of drug-likeness (QED) is 0.557. The summed E-state index contributed by atoms with van der Waals surface area (Å²) in [7, 11) is 2.90. The summed E-state index contributed by atoms with van der Waals surface area (Å²) >= 11 is 0. The van der Waals surface area contributed by atoms with Crippen LogP contribution >= 0.6 is 0 Å².